The molecule has 3 nitrogen and oxygen atoms in total. The molecule has 17 heavy (non-hydrogen) atoms. The fourth-order valence-corrected chi connectivity index (χ4v) is 2.23. The summed E-state index contributed by atoms with van der Waals surface area (Å²) in [5.74, 6) is 0.949. The van der Waals surface area contributed by atoms with Crippen LogP contribution in [0.1, 0.15) is 19.3 Å². The molecule has 1 aromatic carbocycles. The zero-order valence-electron chi connectivity index (χ0n) is 9.79. The highest BCUT2D eigenvalue weighted by atomic mass is 19.1. The van der Waals surface area contributed by atoms with Crippen LogP contribution in [-0.4, -0.2) is 30.5 Å². The van der Waals surface area contributed by atoms with E-state index < -0.39 is 0 Å². The molecule has 0 bridgehead atoms. The maximum absolute atomic E-state index is 12.3. The van der Waals surface area contributed by atoms with Gasteiger partial charge >= 0.3 is 0 Å². The molecule has 0 aromatic heterocycles. The lowest BCUT2D eigenvalue weighted by atomic mass is 9.96. The maximum atomic E-state index is 12.3. The highest BCUT2D eigenvalue weighted by Gasteiger charge is 2.35. The van der Waals surface area contributed by atoms with Crippen molar-refractivity contribution in [2.24, 2.45) is 0 Å². The molecule has 1 fully saturated rings. The van der Waals surface area contributed by atoms with Gasteiger partial charge < -0.3 is 15.2 Å². The first-order valence-electron chi connectivity index (χ1n) is 5.99. The summed E-state index contributed by atoms with van der Waals surface area (Å²) in [6.45, 7) is 1.36. The fourth-order valence-electron chi connectivity index (χ4n) is 2.23. The van der Waals surface area contributed by atoms with Gasteiger partial charge in [-0.1, -0.05) is 0 Å². The van der Waals surface area contributed by atoms with Crippen LogP contribution in [0.25, 0.3) is 0 Å². The van der Waals surface area contributed by atoms with Gasteiger partial charge in [0, 0.05) is 13.0 Å². The van der Waals surface area contributed by atoms with Crippen molar-refractivity contribution in [3.8, 4) is 11.5 Å². The van der Waals surface area contributed by atoms with E-state index >= 15 is 0 Å². The third kappa shape index (κ3) is 3.09. The molecule has 1 aliphatic rings. The third-order valence-electron chi connectivity index (χ3n) is 3.14. The van der Waals surface area contributed by atoms with Crippen molar-refractivity contribution >= 4 is 0 Å². The Balaban J connectivity index is 2.04. The zero-order chi connectivity index (χ0) is 12.1. The Morgan fingerprint density at radius 1 is 1.35 bits per heavy atom. The number of ether oxygens (including phenoxy) is 1. The first-order chi connectivity index (χ1) is 8.24. The summed E-state index contributed by atoms with van der Waals surface area (Å²) < 4.78 is 18.3. The predicted molar refractivity (Wildman–Crippen MR) is 64.2 cm³/mol. The molecule has 0 saturated carbocycles. The van der Waals surface area contributed by atoms with Crippen molar-refractivity contribution in [1.82, 2.24) is 5.32 Å². The number of alkyl halides is 1. The van der Waals surface area contributed by atoms with Crippen LogP contribution in [-0.2, 0) is 0 Å². The number of benzene rings is 1. The minimum atomic E-state index is -0.305. The van der Waals surface area contributed by atoms with Crippen LogP contribution in [0.5, 0.6) is 11.5 Å². The first-order valence-corrected chi connectivity index (χ1v) is 5.99. The highest BCUT2D eigenvalue weighted by Crippen LogP contribution is 2.29. The normalized spacial score (nSPS) is 23.8. The summed E-state index contributed by atoms with van der Waals surface area (Å²) in [7, 11) is 0. The summed E-state index contributed by atoms with van der Waals surface area (Å²) in [5.41, 5.74) is -0.289. The van der Waals surface area contributed by atoms with E-state index in [2.05, 4.69) is 5.32 Å². The Kier molecular flexibility index (Phi) is 3.84. The molecule has 1 atom stereocenters. The quantitative estimate of drug-likeness (QED) is 0.828. The number of nitrogens with one attached hydrogen (secondary N) is 1. The molecule has 0 radical (unpaired) electrons. The van der Waals surface area contributed by atoms with E-state index in [4.69, 9.17) is 4.74 Å². The van der Waals surface area contributed by atoms with E-state index in [-0.39, 0.29) is 18.0 Å². The Bertz CT molecular complexity index is 347. The second kappa shape index (κ2) is 5.36. The number of hydrogen-bond acceptors (Lipinski definition) is 3. The van der Waals surface area contributed by atoms with E-state index in [1.54, 1.807) is 24.3 Å². The molecule has 2 rings (SSSR count). The van der Waals surface area contributed by atoms with Gasteiger partial charge in [-0.15, -0.1) is 0 Å². The summed E-state index contributed by atoms with van der Waals surface area (Å²) in [4.78, 5) is 0. The van der Waals surface area contributed by atoms with Gasteiger partial charge in [0.25, 0.3) is 0 Å². The van der Waals surface area contributed by atoms with Crippen LogP contribution in [0.15, 0.2) is 24.3 Å². The molecule has 1 aromatic rings. The average Bonchev–Trinajstić information content (AvgIpc) is 2.79. The molecule has 94 valence electrons. The molecule has 1 saturated heterocycles. The van der Waals surface area contributed by atoms with E-state index in [1.807, 2.05) is 0 Å². The molecular formula is C13H18FNO2. The second-order valence-electron chi connectivity index (χ2n) is 4.50. The average molecular weight is 239 g/mol. The predicted octanol–water partition coefficient (Wildman–Crippen LogP) is 2.25. The number of rotatable bonds is 5. The lowest BCUT2D eigenvalue weighted by molar-refractivity contribution is 0.0757. The molecule has 4 heteroatoms. The van der Waals surface area contributed by atoms with Crippen LogP contribution in [0, 0.1) is 0 Å². The van der Waals surface area contributed by atoms with Gasteiger partial charge in [0.15, 0.2) is 0 Å². The van der Waals surface area contributed by atoms with Crippen LogP contribution in [0.2, 0.25) is 0 Å². The molecule has 0 aliphatic carbocycles. The van der Waals surface area contributed by atoms with Crippen molar-refractivity contribution in [2.45, 2.75) is 24.9 Å². The standard InChI is InChI=1S/C13H18FNO2/c14-8-1-6-13(7-9-15-10-13)17-12-4-2-11(16)3-5-12/h2-5,15-16H,1,6-10H2/t13-/m0/s1. The van der Waals surface area contributed by atoms with Crippen LogP contribution in [0.4, 0.5) is 4.39 Å². The number of phenolic OH excluding ortho intramolecular Hbond substituents is 1. The van der Waals surface area contributed by atoms with Gasteiger partial charge in [-0.3, -0.25) is 4.39 Å². The molecular weight excluding hydrogens is 221 g/mol. The molecule has 0 amide bonds. The number of phenols is 1. The van der Waals surface area contributed by atoms with Crippen LogP contribution < -0.4 is 10.1 Å². The van der Waals surface area contributed by atoms with E-state index in [0.29, 0.717) is 6.42 Å². The Morgan fingerprint density at radius 3 is 2.71 bits per heavy atom. The number of aromatic hydroxyl groups is 1. The largest absolute Gasteiger partial charge is 0.508 e. The van der Waals surface area contributed by atoms with Crippen molar-refractivity contribution in [1.29, 1.82) is 0 Å². The zero-order valence-corrected chi connectivity index (χ0v) is 9.79. The van der Waals surface area contributed by atoms with Gasteiger partial charge in [0.05, 0.1) is 6.67 Å². The van der Waals surface area contributed by atoms with Gasteiger partial charge in [-0.05, 0) is 43.7 Å². The Hall–Kier alpha value is -1.29. The monoisotopic (exact) mass is 239 g/mol. The lowest BCUT2D eigenvalue weighted by Gasteiger charge is -2.29. The van der Waals surface area contributed by atoms with E-state index in [0.717, 1.165) is 31.7 Å². The molecule has 1 aliphatic heterocycles. The smallest absolute Gasteiger partial charge is 0.123 e. The topological polar surface area (TPSA) is 41.5 Å². The van der Waals surface area contributed by atoms with Gasteiger partial charge in [-0.25, -0.2) is 0 Å². The second-order valence-corrected chi connectivity index (χ2v) is 4.50. The van der Waals surface area contributed by atoms with Crippen LogP contribution >= 0.6 is 0 Å². The Morgan fingerprint density at radius 2 is 2.12 bits per heavy atom. The van der Waals surface area contributed by atoms with Crippen molar-refractivity contribution in [3.63, 3.8) is 0 Å². The molecule has 1 heterocycles. The minimum absolute atomic E-state index is 0.222. The number of hydrogen-bond donors (Lipinski definition) is 2. The lowest BCUT2D eigenvalue weighted by Crippen LogP contribution is -2.38. The van der Waals surface area contributed by atoms with Gasteiger partial charge in [-0.2, -0.15) is 0 Å². The summed E-state index contributed by atoms with van der Waals surface area (Å²) in [5, 5.41) is 12.5. The fraction of sp³-hybridized carbons (Fsp3) is 0.538. The van der Waals surface area contributed by atoms with Crippen molar-refractivity contribution < 1.29 is 14.2 Å². The summed E-state index contributed by atoms with van der Waals surface area (Å²) in [6, 6.07) is 6.68. The first kappa shape index (κ1) is 12.2. The molecule has 0 spiro atoms. The van der Waals surface area contributed by atoms with Gasteiger partial charge in [0.1, 0.15) is 17.1 Å². The molecule has 2 N–H and O–H groups in total. The Labute approximate surface area is 101 Å². The van der Waals surface area contributed by atoms with Gasteiger partial charge in [0.2, 0.25) is 0 Å². The van der Waals surface area contributed by atoms with E-state index in [9.17, 15) is 9.50 Å². The van der Waals surface area contributed by atoms with Crippen molar-refractivity contribution in [2.75, 3.05) is 19.8 Å². The highest BCUT2D eigenvalue weighted by molar-refractivity contribution is 5.30. The molecule has 0 unspecified atom stereocenters. The maximum Gasteiger partial charge on any atom is 0.123 e. The van der Waals surface area contributed by atoms with Crippen LogP contribution in [0.3, 0.4) is 0 Å². The SMILES string of the molecule is Oc1ccc(O[C@@]2(CCCF)CCNC2)cc1. The van der Waals surface area contributed by atoms with E-state index in [1.165, 1.54) is 0 Å². The summed E-state index contributed by atoms with van der Waals surface area (Å²) in [6.07, 6.45) is 2.14. The van der Waals surface area contributed by atoms with Crippen molar-refractivity contribution in [3.05, 3.63) is 24.3 Å². The number of halogens is 1. The third-order valence-corrected chi connectivity index (χ3v) is 3.14. The summed E-state index contributed by atoms with van der Waals surface area (Å²) >= 11 is 0. The minimum Gasteiger partial charge on any atom is -0.508 e.